The highest BCUT2D eigenvalue weighted by atomic mass is 32.3. The molecule has 0 aliphatic carbocycles. The van der Waals surface area contributed by atoms with E-state index in [-0.39, 0.29) is 18.3 Å². The number of primary amides is 1. The number of allylic oxidation sites excluding steroid dienone is 2. The van der Waals surface area contributed by atoms with E-state index in [1.54, 1.807) is 14.2 Å². The maximum absolute atomic E-state index is 14.8. The lowest BCUT2D eigenvalue weighted by Gasteiger charge is -2.42. The van der Waals surface area contributed by atoms with Crippen molar-refractivity contribution in [3.8, 4) is 11.5 Å². The third-order valence-electron chi connectivity index (χ3n) is 5.89. The van der Waals surface area contributed by atoms with Gasteiger partial charge < -0.3 is 19.8 Å². The van der Waals surface area contributed by atoms with Crippen LogP contribution in [0.25, 0.3) is 0 Å². The standard InChI is InChI=1S/C25H32N2O4S/c1-15(2)12-20-19-14-21(30-5)24(31-6)17(4)23(19)27-32(29,18-10-8-7-9-11-18)25(20)16(3)13-22(26)28/h7-12,14,16,20,25H,13H2,1-6H3,(H2-,26,27,28,29)/t16-,20-,25+,32?/m0/s1. The second-order valence-corrected chi connectivity index (χ2v) is 10.9. The first-order valence-corrected chi connectivity index (χ1v) is 12.2. The smallest absolute Gasteiger partial charge is 0.217 e. The fourth-order valence-electron chi connectivity index (χ4n) is 4.61. The summed E-state index contributed by atoms with van der Waals surface area (Å²) in [6.45, 7) is 7.86. The number of fused-ring (bicyclic) bond motifs is 1. The number of ether oxygens (including phenoxy) is 2. The number of hydrogen-bond donors (Lipinski definition) is 1. The Morgan fingerprint density at radius 1 is 1.25 bits per heavy atom. The quantitative estimate of drug-likeness (QED) is 0.462. The largest absolute Gasteiger partial charge is 0.626 e. The third kappa shape index (κ3) is 4.32. The molecule has 1 aliphatic heterocycles. The summed E-state index contributed by atoms with van der Waals surface area (Å²) >= 11 is 0. The van der Waals surface area contributed by atoms with Crippen molar-refractivity contribution in [3.05, 3.63) is 59.2 Å². The van der Waals surface area contributed by atoms with Crippen LogP contribution in [0.1, 0.15) is 44.2 Å². The summed E-state index contributed by atoms with van der Waals surface area (Å²) in [5.74, 6) is 0.252. The molecule has 2 N–H and O–H groups in total. The summed E-state index contributed by atoms with van der Waals surface area (Å²) in [6, 6.07) is 11.2. The first-order chi connectivity index (χ1) is 15.1. The second kappa shape index (κ2) is 9.46. The average molecular weight is 457 g/mol. The van der Waals surface area contributed by atoms with Gasteiger partial charge in [0, 0.05) is 17.9 Å². The SMILES string of the molecule is COc1cc2c(c(C)c1OC)N=[S+]([O-])(c1ccccc1)[C@H]([C@@H](C)CC(N)=O)[C@H]2C=C(C)C. The Labute approximate surface area is 191 Å². The van der Waals surface area contributed by atoms with Gasteiger partial charge in [0.15, 0.2) is 11.5 Å². The highest BCUT2D eigenvalue weighted by Crippen LogP contribution is 2.53. The summed E-state index contributed by atoms with van der Waals surface area (Å²) in [4.78, 5) is 12.5. The average Bonchev–Trinajstić information content (AvgIpc) is 2.74. The second-order valence-electron chi connectivity index (χ2n) is 8.53. The summed E-state index contributed by atoms with van der Waals surface area (Å²) in [6.07, 6.45) is 2.24. The highest BCUT2D eigenvalue weighted by molar-refractivity contribution is 8.00. The van der Waals surface area contributed by atoms with Crippen LogP contribution in [0, 0.1) is 12.8 Å². The van der Waals surface area contributed by atoms with Crippen molar-refractivity contribution in [1.29, 1.82) is 0 Å². The molecular weight excluding hydrogens is 424 g/mol. The minimum Gasteiger partial charge on any atom is -0.626 e. The van der Waals surface area contributed by atoms with Crippen LogP contribution < -0.4 is 15.2 Å². The van der Waals surface area contributed by atoms with Crippen LogP contribution in [0.3, 0.4) is 0 Å². The molecule has 0 radical (unpaired) electrons. The first kappa shape index (κ1) is 24.0. The molecule has 0 fully saturated rings. The molecule has 6 nitrogen and oxygen atoms in total. The van der Waals surface area contributed by atoms with Crippen molar-refractivity contribution >= 4 is 21.7 Å². The minimum atomic E-state index is -2.95. The van der Waals surface area contributed by atoms with E-state index in [1.165, 1.54) is 0 Å². The molecule has 172 valence electrons. The number of nitrogens with zero attached hydrogens (tertiary/aromatic N) is 1. The van der Waals surface area contributed by atoms with E-state index >= 15 is 0 Å². The topological polar surface area (TPSA) is 97.0 Å². The van der Waals surface area contributed by atoms with Crippen LogP contribution in [-0.2, 0) is 14.9 Å². The van der Waals surface area contributed by atoms with Gasteiger partial charge in [0.1, 0.15) is 15.8 Å². The predicted molar refractivity (Wildman–Crippen MR) is 128 cm³/mol. The molecule has 0 saturated heterocycles. The molecule has 0 spiro atoms. The van der Waals surface area contributed by atoms with Crippen molar-refractivity contribution < 1.29 is 18.8 Å². The van der Waals surface area contributed by atoms with Crippen LogP contribution in [0.5, 0.6) is 11.5 Å². The number of amides is 1. The summed E-state index contributed by atoms with van der Waals surface area (Å²) in [5.41, 5.74) is 8.99. The van der Waals surface area contributed by atoms with Gasteiger partial charge in [-0.15, -0.1) is 4.36 Å². The van der Waals surface area contributed by atoms with Crippen LogP contribution >= 0.6 is 0 Å². The van der Waals surface area contributed by atoms with Crippen LogP contribution in [0.4, 0.5) is 5.69 Å². The molecule has 0 aromatic heterocycles. The zero-order valence-electron chi connectivity index (χ0n) is 19.5. The van der Waals surface area contributed by atoms with Gasteiger partial charge in [-0.2, -0.15) is 0 Å². The lowest BCUT2D eigenvalue weighted by molar-refractivity contribution is -0.118. The Bertz CT molecular complexity index is 1090. The van der Waals surface area contributed by atoms with Gasteiger partial charge in [0.05, 0.1) is 20.1 Å². The van der Waals surface area contributed by atoms with Gasteiger partial charge in [0.25, 0.3) is 0 Å². The Balaban J connectivity index is 2.43. The normalized spacial score (nSPS) is 22.8. The lowest BCUT2D eigenvalue weighted by Crippen LogP contribution is -2.42. The van der Waals surface area contributed by atoms with Gasteiger partial charge >= 0.3 is 0 Å². The molecule has 1 unspecified atom stereocenters. The highest BCUT2D eigenvalue weighted by Gasteiger charge is 2.46. The summed E-state index contributed by atoms with van der Waals surface area (Å²) < 4.78 is 30.9. The van der Waals surface area contributed by atoms with Crippen LogP contribution in [0.2, 0.25) is 0 Å². The molecule has 1 amide bonds. The minimum absolute atomic E-state index is 0.124. The van der Waals surface area contributed by atoms with E-state index in [0.29, 0.717) is 22.1 Å². The molecule has 4 atom stereocenters. The van der Waals surface area contributed by atoms with E-state index in [4.69, 9.17) is 19.6 Å². The first-order valence-electron chi connectivity index (χ1n) is 10.6. The van der Waals surface area contributed by atoms with Crippen molar-refractivity contribution in [1.82, 2.24) is 0 Å². The van der Waals surface area contributed by atoms with Crippen LogP contribution in [-0.4, -0.2) is 29.9 Å². The number of hydrogen-bond acceptors (Lipinski definition) is 5. The molecular formula is C25H32N2O4S. The number of carbonyl (C=O) groups excluding carboxylic acids is 1. The van der Waals surface area contributed by atoms with Crippen LogP contribution in [0.15, 0.2) is 57.3 Å². The van der Waals surface area contributed by atoms with E-state index in [0.717, 1.165) is 16.7 Å². The number of carbonyl (C=O) groups is 1. The lowest BCUT2D eigenvalue weighted by atomic mass is 9.84. The molecule has 0 bridgehead atoms. The summed E-state index contributed by atoms with van der Waals surface area (Å²) in [7, 11) is 0.227. The van der Waals surface area contributed by atoms with Gasteiger partial charge in [-0.25, -0.2) is 0 Å². The maximum atomic E-state index is 14.8. The molecule has 2 aromatic carbocycles. The summed E-state index contributed by atoms with van der Waals surface area (Å²) in [5, 5.41) is -0.447. The van der Waals surface area contributed by atoms with Gasteiger partial charge in [-0.05, 0) is 54.6 Å². The molecule has 1 heterocycles. The van der Waals surface area contributed by atoms with E-state index < -0.39 is 21.3 Å². The van der Waals surface area contributed by atoms with Gasteiger partial charge in [-0.1, -0.05) is 36.8 Å². The van der Waals surface area contributed by atoms with Crippen molar-refractivity contribution in [2.24, 2.45) is 16.0 Å². The van der Waals surface area contributed by atoms with Crippen molar-refractivity contribution in [3.63, 3.8) is 0 Å². The Hall–Kier alpha value is -2.64. The van der Waals surface area contributed by atoms with Gasteiger partial charge in [0.2, 0.25) is 5.91 Å². The van der Waals surface area contributed by atoms with Gasteiger partial charge in [-0.3, -0.25) is 4.79 Å². The number of methoxy groups -OCH3 is 2. The third-order valence-corrected chi connectivity index (χ3v) is 8.79. The number of rotatable bonds is 7. The zero-order valence-corrected chi connectivity index (χ0v) is 20.4. The monoisotopic (exact) mass is 456 g/mol. The van der Waals surface area contributed by atoms with E-state index in [9.17, 15) is 9.35 Å². The molecule has 3 rings (SSSR count). The molecule has 0 saturated carbocycles. The zero-order chi connectivity index (χ0) is 23.6. The Morgan fingerprint density at radius 3 is 2.44 bits per heavy atom. The van der Waals surface area contributed by atoms with Crippen molar-refractivity contribution in [2.75, 3.05) is 14.2 Å². The molecule has 32 heavy (non-hydrogen) atoms. The fraction of sp³-hybridized carbons (Fsp3) is 0.400. The fourth-order valence-corrected chi connectivity index (χ4v) is 7.56. The molecule has 2 aromatic rings. The van der Waals surface area contributed by atoms with Crippen molar-refractivity contribution in [2.45, 2.75) is 50.2 Å². The van der Waals surface area contributed by atoms with E-state index in [1.807, 2.05) is 64.1 Å². The molecule has 7 heteroatoms. The Morgan fingerprint density at radius 2 is 1.91 bits per heavy atom. The van der Waals surface area contributed by atoms with E-state index in [2.05, 4.69) is 6.08 Å². The Kier molecular flexibility index (Phi) is 7.10. The number of nitrogens with two attached hydrogens (primary N) is 1. The predicted octanol–water partition coefficient (Wildman–Crippen LogP) is 5.11. The maximum Gasteiger partial charge on any atom is 0.217 e. The number of benzene rings is 2. The molecule has 1 aliphatic rings.